The van der Waals surface area contributed by atoms with Gasteiger partial charge in [-0.25, -0.2) is 4.79 Å². The molecule has 0 aliphatic carbocycles. The second-order valence-corrected chi connectivity index (χ2v) is 13.5. The number of unbranched alkanes of at least 4 members (excludes halogenated alkanes) is 6. The first-order valence-corrected chi connectivity index (χ1v) is 17.9. The third-order valence-corrected chi connectivity index (χ3v) is 8.69. The number of anilines is 2. The van der Waals surface area contributed by atoms with Gasteiger partial charge in [0, 0.05) is 34.3 Å². The monoisotopic (exact) mass is 706 g/mol. The number of ether oxygens (including phenoxy) is 3. The van der Waals surface area contributed by atoms with E-state index in [1.54, 1.807) is 37.2 Å². The topological polar surface area (TPSA) is 138 Å². The van der Waals surface area contributed by atoms with Crippen molar-refractivity contribution in [3.05, 3.63) is 74.3 Å². The molecule has 278 valence electrons. The fourth-order valence-electron chi connectivity index (χ4n) is 5.80. The van der Waals surface area contributed by atoms with Gasteiger partial charge in [-0.05, 0) is 63.3 Å². The van der Waals surface area contributed by atoms with Crippen LogP contribution in [0.15, 0.2) is 48.5 Å². The fraction of sp³-hybridized carbons (Fsp3) is 0.513. The van der Waals surface area contributed by atoms with Gasteiger partial charge in [0.25, 0.3) is 5.69 Å². The molecule has 51 heavy (non-hydrogen) atoms. The van der Waals surface area contributed by atoms with Crippen LogP contribution in [0.25, 0.3) is 11.1 Å². The van der Waals surface area contributed by atoms with Crippen LogP contribution in [0.2, 0.25) is 0 Å². The molecule has 0 saturated carbocycles. The highest BCUT2D eigenvalue weighted by molar-refractivity contribution is 5.93. The molecule has 0 fully saturated rings. The van der Waals surface area contributed by atoms with Crippen LogP contribution < -0.4 is 24.0 Å². The lowest BCUT2D eigenvalue weighted by atomic mass is 10.0. The third kappa shape index (κ3) is 11.6. The first-order valence-electron chi connectivity index (χ1n) is 17.9. The molecule has 0 aliphatic heterocycles. The molecule has 0 saturated heterocycles. The van der Waals surface area contributed by atoms with Crippen molar-refractivity contribution in [1.29, 1.82) is 0 Å². The van der Waals surface area contributed by atoms with E-state index >= 15 is 0 Å². The van der Waals surface area contributed by atoms with Crippen molar-refractivity contribution in [3.8, 4) is 28.4 Å². The van der Waals surface area contributed by atoms with Gasteiger partial charge in [0.2, 0.25) is 0 Å². The Balaban J connectivity index is 1.88. The van der Waals surface area contributed by atoms with E-state index in [2.05, 4.69) is 13.8 Å². The van der Waals surface area contributed by atoms with Crippen molar-refractivity contribution in [3.63, 3.8) is 0 Å². The van der Waals surface area contributed by atoms with Gasteiger partial charge in [-0.15, -0.1) is 0 Å². The van der Waals surface area contributed by atoms with Gasteiger partial charge >= 0.3 is 11.7 Å². The second kappa shape index (κ2) is 19.5. The summed E-state index contributed by atoms with van der Waals surface area (Å²) in [5.74, 6) is -0.197. The minimum absolute atomic E-state index is 0.00479. The zero-order valence-corrected chi connectivity index (χ0v) is 31.4. The Bertz CT molecular complexity index is 1620. The Kier molecular flexibility index (Phi) is 15.5. The molecule has 2 atom stereocenters. The predicted molar refractivity (Wildman–Crippen MR) is 203 cm³/mol. The van der Waals surface area contributed by atoms with Crippen LogP contribution in [-0.4, -0.2) is 56.2 Å². The molecule has 0 bridgehead atoms. The van der Waals surface area contributed by atoms with Gasteiger partial charge in [0.05, 0.1) is 56.7 Å². The smallest absolute Gasteiger partial charge is 0.343 e. The zero-order chi connectivity index (χ0) is 37.7. The Morgan fingerprint density at radius 2 is 1.16 bits per heavy atom. The molecule has 0 aliphatic rings. The Morgan fingerprint density at radius 3 is 1.65 bits per heavy atom. The molecule has 12 heteroatoms. The molecule has 0 N–H and O–H groups in total. The first-order chi connectivity index (χ1) is 24.3. The van der Waals surface area contributed by atoms with Crippen LogP contribution in [0.1, 0.15) is 102 Å². The number of hydrogen-bond acceptors (Lipinski definition) is 10. The van der Waals surface area contributed by atoms with Gasteiger partial charge in [-0.1, -0.05) is 64.5 Å². The Hall–Kier alpha value is -4.87. The van der Waals surface area contributed by atoms with Crippen LogP contribution in [0, 0.1) is 20.2 Å². The van der Waals surface area contributed by atoms with E-state index < -0.39 is 15.8 Å². The summed E-state index contributed by atoms with van der Waals surface area (Å²) in [6, 6.07) is 12.2. The maximum absolute atomic E-state index is 13.4. The van der Waals surface area contributed by atoms with Crippen LogP contribution in [0.5, 0.6) is 17.2 Å². The molecule has 0 heterocycles. The lowest BCUT2D eigenvalue weighted by molar-refractivity contribution is -0.386. The fourth-order valence-corrected chi connectivity index (χ4v) is 5.80. The van der Waals surface area contributed by atoms with Gasteiger partial charge in [0.15, 0.2) is 11.5 Å². The summed E-state index contributed by atoms with van der Waals surface area (Å²) >= 11 is 0. The predicted octanol–water partition coefficient (Wildman–Crippen LogP) is 10.00. The zero-order valence-electron chi connectivity index (χ0n) is 31.4. The summed E-state index contributed by atoms with van der Waals surface area (Å²) in [6.07, 6.45) is 9.96. The minimum atomic E-state index is -0.739. The van der Waals surface area contributed by atoms with Crippen molar-refractivity contribution < 1.29 is 28.9 Å². The summed E-state index contributed by atoms with van der Waals surface area (Å²) in [5.41, 5.74) is 1.76. The lowest BCUT2D eigenvalue weighted by Crippen LogP contribution is -2.17. The van der Waals surface area contributed by atoms with E-state index in [9.17, 15) is 25.0 Å². The molecule has 0 amide bonds. The number of nitro benzene ring substituents is 2. The average molecular weight is 707 g/mol. The van der Waals surface area contributed by atoms with Crippen molar-refractivity contribution in [2.24, 2.45) is 0 Å². The second-order valence-electron chi connectivity index (χ2n) is 13.5. The van der Waals surface area contributed by atoms with Gasteiger partial charge in [0.1, 0.15) is 5.75 Å². The maximum atomic E-state index is 13.4. The average Bonchev–Trinajstić information content (AvgIpc) is 3.08. The number of benzene rings is 3. The number of carbonyl (C=O) groups excluding carboxylic acids is 1. The van der Waals surface area contributed by atoms with Gasteiger partial charge in [-0.3, -0.25) is 20.2 Å². The maximum Gasteiger partial charge on any atom is 0.343 e. The van der Waals surface area contributed by atoms with Crippen molar-refractivity contribution in [2.45, 2.75) is 104 Å². The molecule has 0 spiro atoms. The van der Waals surface area contributed by atoms with Crippen molar-refractivity contribution in [1.82, 2.24) is 0 Å². The summed E-state index contributed by atoms with van der Waals surface area (Å²) in [5, 5.41) is 24.3. The SMILES string of the molecule is CCCCCC[C@@H](C)Oc1cc(N(C)C)c(OC(=O)c2ccc(-c3cc(N(C)C)c(O[C@@H](C)CCCCCC)cc3[N+](=O)[O-])cc2)cc1[N+](=O)[O-]. The van der Waals surface area contributed by atoms with Crippen LogP contribution in [0.3, 0.4) is 0 Å². The standard InChI is InChI=1S/C39H54N4O8/c1-9-11-13-15-17-27(3)49-36-24-32(42(45)46)31(23-33(36)40(5)6)29-19-21-30(22-20-29)39(44)51-37-26-35(43(47)48)38(25-34(37)41(7)8)50-28(4)18-16-14-12-10-2/h19-28H,9-18H2,1-8H3/t27-,28+/m0/s1. The normalized spacial score (nSPS) is 12.2. The molecule has 0 unspecified atom stereocenters. The summed E-state index contributed by atoms with van der Waals surface area (Å²) in [7, 11) is 7.18. The van der Waals surface area contributed by atoms with Crippen LogP contribution >= 0.6 is 0 Å². The highest BCUT2D eigenvalue weighted by Gasteiger charge is 2.26. The number of esters is 1. The number of nitro groups is 2. The quantitative estimate of drug-likeness (QED) is 0.0346. The van der Waals surface area contributed by atoms with E-state index in [-0.39, 0.29) is 40.6 Å². The highest BCUT2D eigenvalue weighted by atomic mass is 16.6. The number of carbonyl (C=O) groups is 1. The molecular weight excluding hydrogens is 652 g/mol. The highest BCUT2D eigenvalue weighted by Crippen LogP contribution is 2.42. The summed E-state index contributed by atoms with van der Waals surface area (Å²) in [4.78, 5) is 40.2. The summed E-state index contributed by atoms with van der Waals surface area (Å²) < 4.78 is 17.9. The third-order valence-electron chi connectivity index (χ3n) is 8.69. The Morgan fingerprint density at radius 1 is 0.667 bits per heavy atom. The van der Waals surface area contributed by atoms with Crippen LogP contribution in [-0.2, 0) is 0 Å². The molecule has 12 nitrogen and oxygen atoms in total. The van der Waals surface area contributed by atoms with E-state index in [0.29, 0.717) is 28.3 Å². The molecule has 3 rings (SSSR count). The number of hydrogen-bond donors (Lipinski definition) is 0. The van der Waals surface area contributed by atoms with Gasteiger partial charge < -0.3 is 24.0 Å². The molecule has 3 aromatic rings. The van der Waals surface area contributed by atoms with E-state index in [0.717, 1.165) is 64.2 Å². The largest absolute Gasteiger partial charge is 0.488 e. The Labute approximate surface area is 302 Å². The van der Waals surface area contributed by atoms with Crippen molar-refractivity contribution >= 4 is 28.7 Å². The minimum Gasteiger partial charge on any atom is -0.488 e. The van der Waals surface area contributed by atoms with Gasteiger partial charge in [-0.2, -0.15) is 0 Å². The number of rotatable bonds is 21. The summed E-state index contributed by atoms with van der Waals surface area (Å²) in [6.45, 7) is 8.16. The van der Waals surface area contributed by atoms with E-state index in [1.165, 1.54) is 30.3 Å². The molecule has 0 radical (unpaired) electrons. The lowest BCUT2D eigenvalue weighted by Gasteiger charge is -2.22. The molecule has 3 aromatic carbocycles. The van der Waals surface area contributed by atoms with Crippen LogP contribution in [0.4, 0.5) is 22.7 Å². The van der Waals surface area contributed by atoms with Crippen molar-refractivity contribution in [2.75, 3.05) is 38.0 Å². The van der Waals surface area contributed by atoms with E-state index in [1.807, 2.05) is 32.8 Å². The molecular formula is C39H54N4O8. The molecule has 0 aromatic heterocycles. The first kappa shape index (κ1) is 40.6. The number of nitrogens with zero attached hydrogens (tertiary/aromatic N) is 4. The van der Waals surface area contributed by atoms with E-state index in [4.69, 9.17) is 14.2 Å².